The maximum absolute atomic E-state index is 12.5. The summed E-state index contributed by atoms with van der Waals surface area (Å²) in [4.78, 5) is 26.3. The Kier molecular flexibility index (Phi) is 4.06. The van der Waals surface area contributed by atoms with Crippen molar-refractivity contribution >= 4 is 11.7 Å². The fourth-order valence-corrected chi connectivity index (χ4v) is 3.50. The number of benzene rings is 1. The second-order valence-corrected chi connectivity index (χ2v) is 6.16. The van der Waals surface area contributed by atoms with Gasteiger partial charge in [0.05, 0.1) is 6.04 Å². The average molecular weight is 286 g/mol. The Bertz CT molecular complexity index is 529. The Hall–Kier alpha value is -1.68. The van der Waals surface area contributed by atoms with Gasteiger partial charge in [0.25, 0.3) is 0 Å². The summed E-state index contributed by atoms with van der Waals surface area (Å²) >= 11 is 0. The van der Waals surface area contributed by atoms with E-state index in [2.05, 4.69) is 10.2 Å². The Morgan fingerprint density at radius 2 is 2.05 bits per heavy atom. The molecule has 0 spiro atoms. The van der Waals surface area contributed by atoms with Crippen molar-refractivity contribution in [3.63, 3.8) is 0 Å². The zero-order valence-electron chi connectivity index (χ0n) is 12.4. The molecule has 1 aromatic carbocycles. The van der Waals surface area contributed by atoms with Crippen molar-refractivity contribution in [2.45, 2.75) is 38.3 Å². The van der Waals surface area contributed by atoms with Gasteiger partial charge < -0.3 is 5.32 Å². The molecular formula is C17H22N2O2. The van der Waals surface area contributed by atoms with E-state index in [0.717, 1.165) is 31.5 Å². The first kappa shape index (κ1) is 14.3. The summed E-state index contributed by atoms with van der Waals surface area (Å²) in [5, 5.41) is 3.09. The number of hydrogen-bond acceptors (Lipinski definition) is 3. The van der Waals surface area contributed by atoms with Crippen LogP contribution < -0.4 is 5.32 Å². The summed E-state index contributed by atoms with van der Waals surface area (Å²) in [7, 11) is 0. The molecule has 21 heavy (non-hydrogen) atoms. The van der Waals surface area contributed by atoms with E-state index in [9.17, 15) is 9.59 Å². The number of Topliss-reactive ketones (excluding diaryl/α,β-unsaturated/α-hetero) is 1. The van der Waals surface area contributed by atoms with E-state index in [-0.39, 0.29) is 17.7 Å². The van der Waals surface area contributed by atoms with Crippen molar-refractivity contribution in [1.82, 2.24) is 10.2 Å². The number of piperidine rings is 2. The third kappa shape index (κ3) is 3.00. The highest BCUT2D eigenvalue weighted by atomic mass is 16.1. The SMILES string of the molecule is CC(C(=O)c1ccccc1)N1CCC2NC(=O)CCC2C1. The molecule has 0 saturated carbocycles. The summed E-state index contributed by atoms with van der Waals surface area (Å²) in [6, 6.07) is 9.72. The van der Waals surface area contributed by atoms with Gasteiger partial charge in [0.2, 0.25) is 5.91 Å². The van der Waals surface area contributed by atoms with E-state index in [0.29, 0.717) is 18.4 Å². The molecule has 0 radical (unpaired) electrons. The van der Waals surface area contributed by atoms with Crippen molar-refractivity contribution < 1.29 is 9.59 Å². The Balaban J connectivity index is 1.65. The summed E-state index contributed by atoms with van der Waals surface area (Å²) < 4.78 is 0. The van der Waals surface area contributed by atoms with Crippen LogP contribution in [0.4, 0.5) is 0 Å². The number of hydrogen-bond donors (Lipinski definition) is 1. The first-order valence-corrected chi connectivity index (χ1v) is 7.78. The minimum Gasteiger partial charge on any atom is -0.353 e. The van der Waals surface area contributed by atoms with Crippen LogP contribution >= 0.6 is 0 Å². The van der Waals surface area contributed by atoms with Crippen LogP contribution in [0, 0.1) is 5.92 Å². The van der Waals surface area contributed by atoms with Crippen molar-refractivity contribution in [2.24, 2.45) is 5.92 Å². The lowest BCUT2D eigenvalue weighted by atomic mass is 9.84. The lowest BCUT2D eigenvalue weighted by Gasteiger charge is -2.43. The highest BCUT2D eigenvalue weighted by Crippen LogP contribution is 2.27. The number of ketones is 1. The molecule has 2 heterocycles. The lowest BCUT2D eigenvalue weighted by Crippen LogP contribution is -2.56. The normalized spacial score (nSPS) is 27.6. The molecule has 2 fully saturated rings. The maximum atomic E-state index is 12.5. The first-order chi connectivity index (χ1) is 10.1. The van der Waals surface area contributed by atoms with E-state index in [1.165, 1.54) is 0 Å². The first-order valence-electron chi connectivity index (χ1n) is 7.78. The van der Waals surface area contributed by atoms with Gasteiger partial charge in [0.15, 0.2) is 5.78 Å². The largest absolute Gasteiger partial charge is 0.353 e. The third-order valence-corrected chi connectivity index (χ3v) is 4.84. The van der Waals surface area contributed by atoms with Crippen molar-refractivity contribution in [1.29, 1.82) is 0 Å². The zero-order chi connectivity index (χ0) is 14.8. The van der Waals surface area contributed by atoms with Crippen LogP contribution in [-0.4, -0.2) is 41.8 Å². The fourth-order valence-electron chi connectivity index (χ4n) is 3.50. The average Bonchev–Trinajstić information content (AvgIpc) is 2.53. The monoisotopic (exact) mass is 286 g/mol. The van der Waals surface area contributed by atoms with Crippen molar-refractivity contribution in [3.8, 4) is 0 Å². The third-order valence-electron chi connectivity index (χ3n) is 4.84. The molecule has 2 aliphatic rings. The van der Waals surface area contributed by atoms with Gasteiger partial charge >= 0.3 is 0 Å². The smallest absolute Gasteiger partial charge is 0.220 e. The molecule has 112 valence electrons. The standard InChI is InChI=1S/C17H22N2O2/c1-12(17(21)13-5-3-2-4-6-13)19-10-9-15-14(11-19)7-8-16(20)18-15/h2-6,12,14-15H,7-11H2,1H3,(H,18,20). The summed E-state index contributed by atoms with van der Waals surface area (Å²) in [5.74, 6) is 0.856. The minimum absolute atomic E-state index is 0.0917. The molecule has 4 heteroatoms. The molecule has 3 rings (SSSR count). The number of amides is 1. The van der Waals surface area contributed by atoms with Gasteiger partial charge in [-0.2, -0.15) is 0 Å². The molecule has 2 saturated heterocycles. The number of carbonyl (C=O) groups is 2. The zero-order valence-corrected chi connectivity index (χ0v) is 12.4. The highest BCUT2D eigenvalue weighted by Gasteiger charge is 2.36. The fraction of sp³-hybridized carbons (Fsp3) is 0.529. The molecule has 0 aliphatic carbocycles. The molecule has 0 aromatic heterocycles. The predicted molar refractivity (Wildman–Crippen MR) is 81.1 cm³/mol. The number of nitrogens with one attached hydrogen (secondary N) is 1. The van der Waals surface area contributed by atoms with Gasteiger partial charge in [-0.15, -0.1) is 0 Å². The minimum atomic E-state index is -0.0917. The molecular weight excluding hydrogens is 264 g/mol. The number of rotatable bonds is 3. The highest BCUT2D eigenvalue weighted by molar-refractivity contribution is 5.99. The molecule has 0 bridgehead atoms. The molecule has 1 amide bonds. The van der Waals surface area contributed by atoms with E-state index in [1.54, 1.807) is 0 Å². The van der Waals surface area contributed by atoms with Crippen LogP contribution in [0.1, 0.15) is 36.5 Å². The topological polar surface area (TPSA) is 49.4 Å². The van der Waals surface area contributed by atoms with Crippen LogP contribution in [0.25, 0.3) is 0 Å². The van der Waals surface area contributed by atoms with Crippen LogP contribution in [0.15, 0.2) is 30.3 Å². The van der Waals surface area contributed by atoms with Crippen LogP contribution in [0.3, 0.4) is 0 Å². The molecule has 3 atom stereocenters. The summed E-state index contributed by atoms with van der Waals surface area (Å²) in [6.07, 6.45) is 2.51. The van der Waals surface area contributed by atoms with E-state index >= 15 is 0 Å². The van der Waals surface area contributed by atoms with Crippen LogP contribution in [0.2, 0.25) is 0 Å². The van der Waals surface area contributed by atoms with Crippen LogP contribution in [0.5, 0.6) is 0 Å². The van der Waals surface area contributed by atoms with Crippen molar-refractivity contribution in [2.75, 3.05) is 13.1 Å². The van der Waals surface area contributed by atoms with Gasteiger partial charge in [-0.05, 0) is 25.7 Å². The van der Waals surface area contributed by atoms with E-state index in [1.807, 2.05) is 37.3 Å². The van der Waals surface area contributed by atoms with Crippen molar-refractivity contribution in [3.05, 3.63) is 35.9 Å². The summed E-state index contributed by atoms with van der Waals surface area (Å²) in [5.41, 5.74) is 0.782. The maximum Gasteiger partial charge on any atom is 0.220 e. The number of likely N-dealkylation sites (tertiary alicyclic amines) is 1. The second kappa shape index (κ2) is 5.98. The predicted octanol–water partition coefficient (Wildman–Crippen LogP) is 1.86. The van der Waals surface area contributed by atoms with Gasteiger partial charge in [-0.3, -0.25) is 14.5 Å². The van der Waals surface area contributed by atoms with Gasteiger partial charge in [0.1, 0.15) is 0 Å². The molecule has 1 aromatic rings. The second-order valence-electron chi connectivity index (χ2n) is 6.16. The summed E-state index contributed by atoms with van der Waals surface area (Å²) in [6.45, 7) is 3.78. The van der Waals surface area contributed by atoms with Gasteiger partial charge in [0, 0.05) is 31.1 Å². The molecule has 3 unspecified atom stereocenters. The quantitative estimate of drug-likeness (QED) is 0.863. The Morgan fingerprint density at radius 1 is 1.29 bits per heavy atom. The Morgan fingerprint density at radius 3 is 2.81 bits per heavy atom. The molecule has 2 aliphatic heterocycles. The van der Waals surface area contributed by atoms with Crippen LogP contribution in [-0.2, 0) is 4.79 Å². The number of carbonyl (C=O) groups excluding carboxylic acids is 2. The van der Waals surface area contributed by atoms with E-state index < -0.39 is 0 Å². The van der Waals surface area contributed by atoms with E-state index in [4.69, 9.17) is 0 Å². The Labute approximate surface area is 125 Å². The molecule has 1 N–H and O–H groups in total. The van der Waals surface area contributed by atoms with Gasteiger partial charge in [-0.25, -0.2) is 0 Å². The molecule has 4 nitrogen and oxygen atoms in total. The lowest BCUT2D eigenvalue weighted by molar-refractivity contribution is -0.125. The number of nitrogens with zero attached hydrogens (tertiary/aromatic N) is 1. The number of fused-ring (bicyclic) bond motifs is 1. The van der Waals surface area contributed by atoms with Gasteiger partial charge in [-0.1, -0.05) is 30.3 Å².